The van der Waals surface area contributed by atoms with E-state index in [0.717, 1.165) is 21.1 Å². The standard InChI is InChI=1S/C9H10BrN3/c1-5-3-6(10)4-7-8(5)12-9(11)13(7)2/h3-4H,1-2H3,(H2,11,12). The number of benzene rings is 1. The molecule has 0 spiro atoms. The van der Waals surface area contributed by atoms with Crippen LogP contribution in [0.4, 0.5) is 5.95 Å². The molecule has 0 saturated carbocycles. The van der Waals surface area contributed by atoms with E-state index in [0.29, 0.717) is 5.95 Å². The van der Waals surface area contributed by atoms with Crippen LogP contribution < -0.4 is 5.73 Å². The number of fused-ring (bicyclic) bond motifs is 1. The molecular formula is C9H10BrN3. The van der Waals surface area contributed by atoms with Crippen molar-refractivity contribution in [3.63, 3.8) is 0 Å². The van der Waals surface area contributed by atoms with E-state index < -0.39 is 0 Å². The van der Waals surface area contributed by atoms with Crippen molar-refractivity contribution in [1.29, 1.82) is 0 Å². The minimum atomic E-state index is 0.552. The Balaban J connectivity index is 2.94. The van der Waals surface area contributed by atoms with Crippen LogP contribution in [0.3, 0.4) is 0 Å². The molecule has 0 aliphatic heterocycles. The third-order valence-corrected chi connectivity index (χ3v) is 2.63. The van der Waals surface area contributed by atoms with E-state index in [1.807, 2.05) is 30.7 Å². The van der Waals surface area contributed by atoms with E-state index in [-0.39, 0.29) is 0 Å². The number of imidazole rings is 1. The lowest BCUT2D eigenvalue weighted by Gasteiger charge is -1.98. The van der Waals surface area contributed by atoms with Gasteiger partial charge in [0, 0.05) is 11.5 Å². The Morgan fingerprint density at radius 1 is 1.46 bits per heavy atom. The topological polar surface area (TPSA) is 43.8 Å². The number of aryl methyl sites for hydroxylation is 2. The third-order valence-electron chi connectivity index (χ3n) is 2.18. The summed E-state index contributed by atoms with van der Waals surface area (Å²) in [6, 6.07) is 4.06. The summed E-state index contributed by atoms with van der Waals surface area (Å²) in [5.41, 5.74) is 8.88. The van der Waals surface area contributed by atoms with Gasteiger partial charge in [-0.25, -0.2) is 4.98 Å². The molecule has 68 valence electrons. The van der Waals surface area contributed by atoms with Crippen LogP contribution in [0.5, 0.6) is 0 Å². The summed E-state index contributed by atoms with van der Waals surface area (Å²) in [5, 5.41) is 0. The molecule has 0 saturated heterocycles. The van der Waals surface area contributed by atoms with Gasteiger partial charge in [-0.1, -0.05) is 15.9 Å². The highest BCUT2D eigenvalue weighted by molar-refractivity contribution is 9.10. The fourth-order valence-corrected chi connectivity index (χ4v) is 1.99. The average molecular weight is 240 g/mol. The Morgan fingerprint density at radius 3 is 2.85 bits per heavy atom. The molecule has 13 heavy (non-hydrogen) atoms. The van der Waals surface area contributed by atoms with E-state index in [4.69, 9.17) is 5.73 Å². The fourth-order valence-electron chi connectivity index (χ4n) is 1.43. The highest BCUT2D eigenvalue weighted by atomic mass is 79.9. The molecule has 2 aromatic rings. The summed E-state index contributed by atoms with van der Waals surface area (Å²) in [6.45, 7) is 2.03. The molecule has 0 bridgehead atoms. The summed E-state index contributed by atoms with van der Waals surface area (Å²) < 4.78 is 2.94. The molecule has 0 unspecified atom stereocenters. The van der Waals surface area contributed by atoms with Crippen LogP contribution in [-0.2, 0) is 7.05 Å². The van der Waals surface area contributed by atoms with Crippen molar-refractivity contribution in [2.24, 2.45) is 7.05 Å². The number of hydrogen-bond donors (Lipinski definition) is 1. The van der Waals surface area contributed by atoms with Crippen LogP contribution in [0.2, 0.25) is 0 Å². The van der Waals surface area contributed by atoms with Crippen molar-refractivity contribution in [1.82, 2.24) is 9.55 Å². The first kappa shape index (κ1) is 8.56. The van der Waals surface area contributed by atoms with Gasteiger partial charge in [0.2, 0.25) is 5.95 Å². The number of nitrogen functional groups attached to an aromatic ring is 1. The lowest BCUT2D eigenvalue weighted by molar-refractivity contribution is 0.965. The molecule has 2 N–H and O–H groups in total. The number of nitrogens with two attached hydrogens (primary N) is 1. The first-order valence-electron chi connectivity index (χ1n) is 3.97. The van der Waals surface area contributed by atoms with E-state index in [9.17, 15) is 0 Å². The minimum Gasteiger partial charge on any atom is -0.369 e. The van der Waals surface area contributed by atoms with Crippen molar-refractivity contribution in [2.45, 2.75) is 6.92 Å². The molecule has 4 heteroatoms. The van der Waals surface area contributed by atoms with Gasteiger partial charge < -0.3 is 10.3 Å². The van der Waals surface area contributed by atoms with Crippen LogP contribution in [0.15, 0.2) is 16.6 Å². The first-order chi connectivity index (χ1) is 6.09. The van der Waals surface area contributed by atoms with Crippen molar-refractivity contribution in [3.8, 4) is 0 Å². The summed E-state index contributed by atoms with van der Waals surface area (Å²) >= 11 is 3.44. The minimum absolute atomic E-state index is 0.552. The number of nitrogens with zero attached hydrogens (tertiary/aromatic N) is 2. The molecule has 1 heterocycles. The number of hydrogen-bond acceptors (Lipinski definition) is 2. The van der Waals surface area contributed by atoms with Crippen molar-refractivity contribution >= 4 is 32.9 Å². The smallest absolute Gasteiger partial charge is 0.200 e. The number of rotatable bonds is 0. The Hall–Kier alpha value is -1.03. The van der Waals surface area contributed by atoms with Gasteiger partial charge in [-0.3, -0.25) is 0 Å². The molecule has 0 aliphatic carbocycles. The van der Waals surface area contributed by atoms with E-state index in [1.165, 1.54) is 0 Å². The van der Waals surface area contributed by atoms with Gasteiger partial charge in [0.25, 0.3) is 0 Å². The van der Waals surface area contributed by atoms with Gasteiger partial charge in [-0.05, 0) is 24.6 Å². The molecule has 0 atom stereocenters. The highest BCUT2D eigenvalue weighted by Crippen LogP contribution is 2.24. The fraction of sp³-hybridized carbons (Fsp3) is 0.222. The van der Waals surface area contributed by atoms with Gasteiger partial charge in [0.15, 0.2) is 0 Å². The molecule has 0 fully saturated rings. The van der Waals surface area contributed by atoms with Gasteiger partial charge in [0.05, 0.1) is 11.0 Å². The second-order valence-corrected chi connectivity index (χ2v) is 4.04. The van der Waals surface area contributed by atoms with E-state index in [2.05, 4.69) is 20.9 Å². The van der Waals surface area contributed by atoms with Crippen molar-refractivity contribution in [2.75, 3.05) is 5.73 Å². The van der Waals surface area contributed by atoms with Gasteiger partial charge in [-0.15, -0.1) is 0 Å². The van der Waals surface area contributed by atoms with Crippen LogP contribution in [-0.4, -0.2) is 9.55 Å². The highest BCUT2D eigenvalue weighted by Gasteiger charge is 2.07. The summed E-state index contributed by atoms with van der Waals surface area (Å²) in [6.07, 6.45) is 0. The lowest BCUT2D eigenvalue weighted by Crippen LogP contribution is -1.95. The quantitative estimate of drug-likeness (QED) is 0.767. The van der Waals surface area contributed by atoms with Crippen LogP contribution in [0, 0.1) is 6.92 Å². The maximum Gasteiger partial charge on any atom is 0.200 e. The predicted molar refractivity (Wildman–Crippen MR) is 57.6 cm³/mol. The average Bonchev–Trinajstić information content (AvgIpc) is 2.32. The summed E-state index contributed by atoms with van der Waals surface area (Å²) in [4.78, 5) is 4.27. The van der Waals surface area contributed by atoms with Gasteiger partial charge in [-0.2, -0.15) is 0 Å². The summed E-state index contributed by atoms with van der Waals surface area (Å²) in [7, 11) is 1.91. The maximum absolute atomic E-state index is 5.71. The Labute approximate surface area is 84.7 Å². The predicted octanol–water partition coefficient (Wildman–Crippen LogP) is 2.23. The second kappa shape index (κ2) is 2.73. The molecular weight excluding hydrogens is 230 g/mol. The molecule has 0 aliphatic rings. The largest absolute Gasteiger partial charge is 0.369 e. The third kappa shape index (κ3) is 1.21. The van der Waals surface area contributed by atoms with Crippen molar-refractivity contribution < 1.29 is 0 Å². The zero-order valence-electron chi connectivity index (χ0n) is 7.50. The van der Waals surface area contributed by atoms with Gasteiger partial charge in [0.1, 0.15) is 0 Å². The van der Waals surface area contributed by atoms with Crippen LogP contribution in [0.1, 0.15) is 5.56 Å². The normalized spacial score (nSPS) is 11.0. The van der Waals surface area contributed by atoms with E-state index >= 15 is 0 Å². The number of anilines is 1. The molecule has 1 aromatic heterocycles. The van der Waals surface area contributed by atoms with Gasteiger partial charge >= 0.3 is 0 Å². The van der Waals surface area contributed by atoms with Crippen LogP contribution in [0.25, 0.3) is 11.0 Å². The molecule has 1 aromatic carbocycles. The number of halogens is 1. The molecule has 0 radical (unpaired) electrons. The Bertz CT molecular complexity index is 473. The Kier molecular flexibility index (Phi) is 1.80. The van der Waals surface area contributed by atoms with Crippen molar-refractivity contribution in [3.05, 3.63) is 22.2 Å². The molecule has 0 amide bonds. The Morgan fingerprint density at radius 2 is 2.15 bits per heavy atom. The maximum atomic E-state index is 5.71. The zero-order valence-corrected chi connectivity index (χ0v) is 9.09. The zero-order chi connectivity index (χ0) is 9.59. The SMILES string of the molecule is Cc1cc(Br)cc2c1nc(N)n2C. The van der Waals surface area contributed by atoms with E-state index in [1.54, 1.807) is 0 Å². The monoisotopic (exact) mass is 239 g/mol. The summed E-state index contributed by atoms with van der Waals surface area (Å²) in [5.74, 6) is 0.552. The van der Waals surface area contributed by atoms with Crippen LogP contribution >= 0.6 is 15.9 Å². The molecule has 2 rings (SSSR count). The molecule has 3 nitrogen and oxygen atoms in total. The number of aromatic nitrogens is 2. The lowest BCUT2D eigenvalue weighted by atomic mass is 10.2. The second-order valence-electron chi connectivity index (χ2n) is 3.12. The first-order valence-corrected chi connectivity index (χ1v) is 4.77.